The second kappa shape index (κ2) is 9.96. The Morgan fingerprint density at radius 2 is 2.13 bits per heavy atom. The quantitative estimate of drug-likeness (QED) is 0.387. The molecule has 0 radical (unpaired) electrons. The van der Waals surface area contributed by atoms with Gasteiger partial charge in [0.1, 0.15) is 0 Å². The van der Waals surface area contributed by atoms with Crippen molar-refractivity contribution in [1.82, 2.24) is 10.6 Å². The van der Waals surface area contributed by atoms with Gasteiger partial charge in [0, 0.05) is 33.4 Å². The Labute approximate surface area is 142 Å². The summed E-state index contributed by atoms with van der Waals surface area (Å²) in [6.07, 6.45) is 13.9. The van der Waals surface area contributed by atoms with Crippen molar-refractivity contribution in [2.75, 3.05) is 33.4 Å². The van der Waals surface area contributed by atoms with Gasteiger partial charge in [-0.1, -0.05) is 18.1 Å². The first-order chi connectivity index (χ1) is 11.3. The van der Waals surface area contributed by atoms with Crippen LogP contribution in [0.1, 0.15) is 64.7 Å². The van der Waals surface area contributed by atoms with Crippen LogP contribution in [0, 0.1) is 5.41 Å². The van der Waals surface area contributed by atoms with Crippen molar-refractivity contribution < 1.29 is 4.74 Å². The molecule has 0 aliphatic heterocycles. The maximum absolute atomic E-state index is 5.27. The Kier molecular flexibility index (Phi) is 7.93. The van der Waals surface area contributed by atoms with Gasteiger partial charge in [-0.15, -0.1) is 0 Å². The van der Waals surface area contributed by atoms with E-state index in [-0.39, 0.29) is 0 Å². The van der Waals surface area contributed by atoms with Crippen LogP contribution in [0.4, 0.5) is 0 Å². The van der Waals surface area contributed by atoms with E-state index in [9.17, 15) is 0 Å². The van der Waals surface area contributed by atoms with Crippen molar-refractivity contribution in [2.24, 2.45) is 10.4 Å². The molecule has 0 aromatic rings. The molecular weight excluding hydrogens is 286 g/mol. The van der Waals surface area contributed by atoms with Gasteiger partial charge >= 0.3 is 0 Å². The fourth-order valence-electron chi connectivity index (χ4n) is 3.54. The lowest BCUT2D eigenvalue weighted by Crippen LogP contribution is -2.40. The van der Waals surface area contributed by atoms with E-state index in [2.05, 4.69) is 23.6 Å². The maximum atomic E-state index is 5.27. The summed E-state index contributed by atoms with van der Waals surface area (Å²) in [7, 11) is 1.79. The normalized spacial score (nSPS) is 20.6. The van der Waals surface area contributed by atoms with E-state index in [4.69, 9.17) is 9.73 Å². The highest BCUT2D eigenvalue weighted by Gasteiger charge is 2.36. The molecule has 0 aromatic carbocycles. The fourth-order valence-corrected chi connectivity index (χ4v) is 3.54. The second-order valence-corrected chi connectivity index (χ2v) is 7.08. The number of guanidine groups is 1. The third-order valence-corrected chi connectivity index (χ3v) is 5.29. The number of methoxy groups -OCH3 is 1. The van der Waals surface area contributed by atoms with Gasteiger partial charge in [0.25, 0.3) is 0 Å². The monoisotopic (exact) mass is 321 g/mol. The van der Waals surface area contributed by atoms with Gasteiger partial charge in [0.05, 0.1) is 0 Å². The molecule has 132 valence electrons. The summed E-state index contributed by atoms with van der Waals surface area (Å²) in [6.45, 7) is 5.81. The van der Waals surface area contributed by atoms with Crippen LogP contribution in [0.3, 0.4) is 0 Å². The fraction of sp³-hybridized carbons (Fsp3) is 0.842. The van der Waals surface area contributed by atoms with E-state index in [1.807, 2.05) is 0 Å². The van der Waals surface area contributed by atoms with E-state index in [0.717, 1.165) is 45.0 Å². The van der Waals surface area contributed by atoms with Crippen LogP contribution in [0.15, 0.2) is 16.6 Å². The molecule has 0 saturated heterocycles. The summed E-state index contributed by atoms with van der Waals surface area (Å²) in [5.74, 6) is 0.979. The van der Waals surface area contributed by atoms with Gasteiger partial charge in [-0.05, 0) is 63.7 Å². The van der Waals surface area contributed by atoms with E-state index in [1.54, 1.807) is 12.7 Å². The number of nitrogens with one attached hydrogen (secondary N) is 2. The molecule has 0 atom stereocenters. The summed E-state index contributed by atoms with van der Waals surface area (Å²) in [5, 5.41) is 6.90. The van der Waals surface area contributed by atoms with E-state index < -0.39 is 0 Å². The zero-order valence-corrected chi connectivity index (χ0v) is 15.1. The van der Waals surface area contributed by atoms with Crippen LogP contribution >= 0.6 is 0 Å². The van der Waals surface area contributed by atoms with Crippen molar-refractivity contribution in [3.63, 3.8) is 0 Å². The van der Waals surface area contributed by atoms with Gasteiger partial charge in [-0.25, -0.2) is 0 Å². The number of allylic oxidation sites excluding steroid dienone is 1. The Hall–Kier alpha value is -1.03. The van der Waals surface area contributed by atoms with Crippen LogP contribution in [0.25, 0.3) is 0 Å². The summed E-state index contributed by atoms with van der Waals surface area (Å²) in [4.78, 5) is 4.86. The zero-order valence-electron chi connectivity index (χ0n) is 15.1. The Bertz CT molecular complexity index is 399. The number of nitrogens with zero attached hydrogens (tertiary/aromatic N) is 1. The smallest absolute Gasteiger partial charge is 0.191 e. The average molecular weight is 322 g/mol. The topological polar surface area (TPSA) is 45.7 Å². The van der Waals surface area contributed by atoms with E-state index >= 15 is 0 Å². The molecule has 0 bridgehead atoms. The van der Waals surface area contributed by atoms with Crippen molar-refractivity contribution in [3.05, 3.63) is 11.6 Å². The minimum absolute atomic E-state index is 0.393. The highest BCUT2D eigenvalue weighted by atomic mass is 16.5. The molecule has 0 heterocycles. The molecule has 2 aliphatic carbocycles. The molecule has 0 aromatic heterocycles. The van der Waals surface area contributed by atoms with Crippen molar-refractivity contribution >= 4 is 5.96 Å². The largest absolute Gasteiger partial charge is 0.385 e. The molecule has 0 spiro atoms. The van der Waals surface area contributed by atoms with Gasteiger partial charge in [0.15, 0.2) is 5.96 Å². The minimum atomic E-state index is 0.393. The van der Waals surface area contributed by atoms with Gasteiger partial charge in [-0.3, -0.25) is 4.99 Å². The zero-order chi connectivity index (χ0) is 16.4. The first-order valence-electron chi connectivity index (χ1n) is 9.47. The van der Waals surface area contributed by atoms with Crippen LogP contribution in [0.5, 0.6) is 0 Å². The molecule has 4 heteroatoms. The summed E-state index contributed by atoms with van der Waals surface area (Å²) in [5.41, 5.74) is 2.01. The Morgan fingerprint density at radius 3 is 2.74 bits per heavy atom. The first-order valence-corrected chi connectivity index (χ1v) is 9.47. The van der Waals surface area contributed by atoms with Crippen molar-refractivity contribution in [2.45, 2.75) is 64.7 Å². The molecule has 1 fully saturated rings. The SMILES string of the molecule is CCNC(=NCC1(CCOC)CCC1)NCCC1=CCCCC1. The molecule has 0 unspecified atom stereocenters. The number of rotatable bonds is 9. The molecule has 4 nitrogen and oxygen atoms in total. The molecule has 23 heavy (non-hydrogen) atoms. The first kappa shape index (κ1) is 18.3. The lowest BCUT2D eigenvalue weighted by Gasteiger charge is -2.40. The number of ether oxygens (including phenoxy) is 1. The molecular formula is C19H35N3O. The Morgan fingerprint density at radius 1 is 1.26 bits per heavy atom. The molecule has 0 amide bonds. The van der Waals surface area contributed by atoms with Crippen LogP contribution in [0.2, 0.25) is 0 Å². The van der Waals surface area contributed by atoms with Gasteiger partial charge < -0.3 is 15.4 Å². The second-order valence-electron chi connectivity index (χ2n) is 7.08. The minimum Gasteiger partial charge on any atom is -0.385 e. The van der Waals surface area contributed by atoms with E-state index in [1.165, 1.54) is 44.9 Å². The summed E-state index contributed by atoms with van der Waals surface area (Å²) in [6, 6.07) is 0. The Balaban J connectivity index is 1.78. The number of hydrogen-bond donors (Lipinski definition) is 2. The lowest BCUT2D eigenvalue weighted by atomic mass is 9.67. The molecule has 2 rings (SSSR count). The highest BCUT2D eigenvalue weighted by Crippen LogP contribution is 2.44. The van der Waals surface area contributed by atoms with Crippen LogP contribution in [-0.2, 0) is 4.74 Å². The predicted molar refractivity (Wildman–Crippen MR) is 97.9 cm³/mol. The number of hydrogen-bond acceptors (Lipinski definition) is 2. The predicted octanol–water partition coefficient (Wildman–Crippen LogP) is 3.64. The van der Waals surface area contributed by atoms with Gasteiger partial charge in [0.2, 0.25) is 0 Å². The third-order valence-electron chi connectivity index (χ3n) is 5.29. The number of aliphatic imine (C=N–C) groups is 1. The lowest BCUT2D eigenvalue weighted by molar-refractivity contribution is 0.0778. The van der Waals surface area contributed by atoms with Crippen molar-refractivity contribution in [1.29, 1.82) is 0 Å². The van der Waals surface area contributed by atoms with Crippen LogP contribution in [-0.4, -0.2) is 39.3 Å². The summed E-state index contributed by atoms with van der Waals surface area (Å²) < 4.78 is 5.27. The van der Waals surface area contributed by atoms with E-state index in [0.29, 0.717) is 5.41 Å². The third kappa shape index (κ3) is 6.17. The maximum Gasteiger partial charge on any atom is 0.191 e. The van der Waals surface area contributed by atoms with Crippen molar-refractivity contribution in [3.8, 4) is 0 Å². The highest BCUT2D eigenvalue weighted by molar-refractivity contribution is 5.79. The van der Waals surface area contributed by atoms with Gasteiger partial charge in [-0.2, -0.15) is 0 Å². The standard InChI is InChI=1S/C19H35N3O/c1-3-20-18(21-14-10-17-8-5-4-6-9-17)22-16-19(11-7-12-19)13-15-23-2/h8H,3-7,9-16H2,1-2H3,(H2,20,21,22). The molecule has 2 N–H and O–H groups in total. The molecule has 1 saturated carbocycles. The average Bonchev–Trinajstić information content (AvgIpc) is 2.54. The van der Waals surface area contributed by atoms with Crippen LogP contribution < -0.4 is 10.6 Å². The summed E-state index contributed by atoms with van der Waals surface area (Å²) >= 11 is 0. The molecule has 2 aliphatic rings.